The number of nitrogens with one attached hydrogen (secondary N) is 1. The lowest BCUT2D eigenvalue weighted by atomic mass is 10.1. The van der Waals surface area contributed by atoms with Gasteiger partial charge in [0.05, 0.1) is 19.8 Å². The van der Waals surface area contributed by atoms with Crippen LogP contribution in [0, 0.1) is 7.14 Å². The molecule has 0 aromatic heterocycles. The summed E-state index contributed by atoms with van der Waals surface area (Å²) in [7, 11) is 0. The van der Waals surface area contributed by atoms with Crippen LogP contribution >= 0.6 is 68.4 Å². The summed E-state index contributed by atoms with van der Waals surface area (Å²) in [4.78, 5) is 12.0. The standard InChI is InChI=1S/C22H16Cl2I2N2O2/c23-17-7-5-14(6-8-17)11-21(29)28-27-12-15-9-19(25)22(20(26)10-15)30-13-16-3-1-2-4-18(16)24/h1-10,12H,11,13H2,(H,28,29)/b27-12-. The van der Waals surface area contributed by atoms with Crippen LogP contribution in [0.1, 0.15) is 16.7 Å². The van der Waals surface area contributed by atoms with Crippen molar-refractivity contribution >= 4 is 80.5 Å². The van der Waals surface area contributed by atoms with E-state index in [4.69, 9.17) is 27.9 Å². The third-order valence-corrected chi connectivity index (χ3v) is 6.25. The van der Waals surface area contributed by atoms with Crippen molar-refractivity contribution in [3.63, 3.8) is 0 Å². The van der Waals surface area contributed by atoms with Gasteiger partial charge in [-0.05, 0) is 86.6 Å². The normalized spacial score (nSPS) is 10.9. The molecule has 1 amide bonds. The molecule has 0 fully saturated rings. The summed E-state index contributed by atoms with van der Waals surface area (Å²) in [6.45, 7) is 0.389. The predicted molar refractivity (Wildman–Crippen MR) is 139 cm³/mol. The maximum Gasteiger partial charge on any atom is 0.244 e. The first-order valence-electron chi connectivity index (χ1n) is 8.84. The fourth-order valence-electron chi connectivity index (χ4n) is 2.56. The number of carbonyl (C=O) groups excluding carboxylic acids is 1. The second kappa shape index (κ2) is 11.3. The molecule has 1 N–H and O–H groups in total. The van der Waals surface area contributed by atoms with Crippen LogP contribution in [-0.4, -0.2) is 12.1 Å². The summed E-state index contributed by atoms with van der Waals surface area (Å²) in [5, 5.41) is 5.38. The lowest BCUT2D eigenvalue weighted by Gasteiger charge is -2.12. The van der Waals surface area contributed by atoms with E-state index in [9.17, 15) is 4.79 Å². The molecule has 0 aliphatic rings. The number of rotatable bonds is 7. The van der Waals surface area contributed by atoms with Crippen LogP contribution in [0.3, 0.4) is 0 Å². The molecule has 4 nitrogen and oxygen atoms in total. The molecule has 3 rings (SSSR count). The smallest absolute Gasteiger partial charge is 0.244 e. The fourth-order valence-corrected chi connectivity index (χ4v) is 5.01. The molecule has 0 bridgehead atoms. The lowest BCUT2D eigenvalue weighted by molar-refractivity contribution is -0.120. The van der Waals surface area contributed by atoms with Gasteiger partial charge >= 0.3 is 0 Å². The van der Waals surface area contributed by atoms with Gasteiger partial charge < -0.3 is 4.74 Å². The van der Waals surface area contributed by atoms with Gasteiger partial charge in [-0.25, -0.2) is 5.43 Å². The molecule has 0 atom stereocenters. The third-order valence-electron chi connectivity index (χ3n) is 4.03. The predicted octanol–water partition coefficient (Wildman–Crippen LogP) is 6.47. The van der Waals surface area contributed by atoms with Crippen molar-refractivity contribution in [2.24, 2.45) is 5.10 Å². The lowest BCUT2D eigenvalue weighted by Crippen LogP contribution is -2.19. The van der Waals surface area contributed by atoms with Crippen molar-refractivity contribution in [1.29, 1.82) is 0 Å². The second-order valence-corrected chi connectivity index (χ2v) is 9.46. The Morgan fingerprint density at radius 1 is 1.03 bits per heavy atom. The Morgan fingerprint density at radius 3 is 2.37 bits per heavy atom. The van der Waals surface area contributed by atoms with Crippen molar-refractivity contribution in [1.82, 2.24) is 5.43 Å². The van der Waals surface area contributed by atoms with Gasteiger partial charge in [0.1, 0.15) is 12.4 Å². The van der Waals surface area contributed by atoms with E-state index >= 15 is 0 Å². The molecule has 0 radical (unpaired) electrons. The Labute approximate surface area is 212 Å². The third kappa shape index (κ3) is 6.83. The van der Waals surface area contributed by atoms with E-state index in [1.807, 2.05) is 48.5 Å². The van der Waals surface area contributed by atoms with Crippen LogP contribution in [0.15, 0.2) is 65.8 Å². The van der Waals surface area contributed by atoms with Gasteiger partial charge in [0.2, 0.25) is 5.91 Å². The highest BCUT2D eigenvalue weighted by atomic mass is 127. The largest absolute Gasteiger partial charge is 0.487 e. The zero-order valence-electron chi connectivity index (χ0n) is 15.5. The summed E-state index contributed by atoms with van der Waals surface area (Å²) in [6.07, 6.45) is 1.85. The highest BCUT2D eigenvalue weighted by Gasteiger charge is 2.10. The summed E-state index contributed by atoms with van der Waals surface area (Å²) in [5.74, 6) is 0.595. The van der Waals surface area contributed by atoms with E-state index in [-0.39, 0.29) is 12.3 Å². The molecule has 0 aliphatic carbocycles. The molecule has 30 heavy (non-hydrogen) atoms. The number of amides is 1. The van der Waals surface area contributed by atoms with Crippen LogP contribution in [0.4, 0.5) is 0 Å². The zero-order valence-corrected chi connectivity index (χ0v) is 21.4. The van der Waals surface area contributed by atoms with Crippen LogP contribution in [0.25, 0.3) is 0 Å². The molecule has 3 aromatic carbocycles. The first-order chi connectivity index (χ1) is 14.4. The van der Waals surface area contributed by atoms with Crippen molar-refractivity contribution < 1.29 is 9.53 Å². The topological polar surface area (TPSA) is 50.7 Å². The number of ether oxygens (including phenoxy) is 1. The van der Waals surface area contributed by atoms with Gasteiger partial charge in [0.15, 0.2) is 0 Å². The van der Waals surface area contributed by atoms with Crippen molar-refractivity contribution in [3.05, 3.63) is 94.5 Å². The maximum absolute atomic E-state index is 12.0. The van der Waals surface area contributed by atoms with Crippen molar-refractivity contribution in [2.45, 2.75) is 13.0 Å². The maximum atomic E-state index is 12.0. The molecule has 154 valence electrons. The Morgan fingerprint density at radius 2 is 1.70 bits per heavy atom. The van der Waals surface area contributed by atoms with Crippen LogP contribution in [0.2, 0.25) is 10.0 Å². The molecule has 0 saturated heterocycles. The van der Waals surface area contributed by atoms with Gasteiger partial charge in [-0.2, -0.15) is 5.10 Å². The molecule has 0 spiro atoms. The Hall–Kier alpha value is -1.36. The Balaban J connectivity index is 1.59. The average Bonchev–Trinajstić information content (AvgIpc) is 2.70. The summed E-state index contributed by atoms with van der Waals surface area (Å²) >= 11 is 16.5. The molecule has 0 saturated carbocycles. The van der Waals surface area contributed by atoms with Crippen LogP contribution in [-0.2, 0) is 17.8 Å². The van der Waals surface area contributed by atoms with E-state index in [0.29, 0.717) is 16.7 Å². The number of hydrazone groups is 1. The number of halogens is 4. The molecule has 8 heteroatoms. The van der Waals surface area contributed by atoms with E-state index in [1.165, 1.54) is 0 Å². The van der Waals surface area contributed by atoms with E-state index in [1.54, 1.807) is 18.3 Å². The van der Waals surface area contributed by atoms with Gasteiger partial charge in [-0.1, -0.05) is 53.5 Å². The SMILES string of the molecule is O=C(Cc1ccc(Cl)cc1)N/N=C\c1cc(I)c(OCc2ccccc2Cl)c(I)c1. The minimum atomic E-state index is -0.197. The molecular formula is C22H16Cl2I2N2O2. The number of benzene rings is 3. The molecule has 0 heterocycles. The quantitative estimate of drug-likeness (QED) is 0.179. The summed E-state index contributed by atoms with van der Waals surface area (Å²) < 4.78 is 7.87. The Bertz CT molecular complexity index is 1050. The minimum absolute atomic E-state index is 0.197. The molecular weight excluding hydrogens is 649 g/mol. The number of hydrogen-bond acceptors (Lipinski definition) is 3. The molecule has 3 aromatic rings. The molecule has 0 unspecified atom stereocenters. The van der Waals surface area contributed by atoms with E-state index in [2.05, 4.69) is 55.7 Å². The number of hydrogen-bond donors (Lipinski definition) is 1. The first kappa shape index (κ1) is 23.3. The number of nitrogens with zero attached hydrogens (tertiary/aromatic N) is 1. The van der Waals surface area contributed by atoms with E-state index < -0.39 is 0 Å². The minimum Gasteiger partial charge on any atom is -0.487 e. The monoisotopic (exact) mass is 664 g/mol. The van der Waals surface area contributed by atoms with Gasteiger partial charge in [0.25, 0.3) is 0 Å². The second-order valence-electron chi connectivity index (χ2n) is 6.29. The summed E-state index contributed by atoms with van der Waals surface area (Å²) in [5.41, 5.74) is 5.21. The van der Waals surface area contributed by atoms with Gasteiger partial charge in [0, 0.05) is 15.6 Å². The molecule has 0 aliphatic heterocycles. The zero-order chi connectivity index (χ0) is 21.5. The van der Waals surface area contributed by atoms with E-state index in [0.717, 1.165) is 29.6 Å². The highest BCUT2D eigenvalue weighted by Crippen LogP contribution is 2.30. The van der Waals surface area contributed by atoms with Gasteiger partial charge in [-0.3, -0.25) is 4.79 Å². The summed E-state index contributed by atoms with van der Waals surface area (Å²) in [6, 6.07) is 18.6. The number of carbonyl (C=O) groups is 1. The fraction of sp³-hybridized carbons (Fsp3) is 0.0909. The van der Waals surface area contributed by atoms with Crippen LogP contribution in [0.5, 0.6) is 5.75 Å². The van der Waals surface area contributed by atoms with Crippen molar-refractivity contribution in [3.8, 4) is 5.75 Å². The highest BCUT2D eigenvalue weighted by molar-refractivity contribution is 14.1. The van der Waals surface area contributed by atoms with Gasteiger partial charge in [-0.15, -0.1) is 0 Å². The van der Waals surface area contributed by atoms with Crippen molar-refractivity contribution in [2.75, 3.05) is 0 Å². The van der Waals surface area contributed by atoms with Crippen LogP contribution < -0.4 is 10.2 Å². The average molecular weight is 665 g/mol. The first-order valence-corrected chi connectivity index (χ1v) is 11.8. The Kier molecular flexibility index (Phi) is 8.79.